The summed E-state index contributed by atoms with van der Waals surface area (Å²) < 4.78 is 0. The first kappa shape index (κ1) is 32.4. The van der Waals surface area contributed by atoms with Gasteiger partial charge in [0.2, 0.25) is 5.91 Å². The monoisotopic (exact) mass is 633 g/mol. The second-order valence-corrected chi connectivity index (χ2v) is 12.5. The second-order valence-electron chi connectivity index (χ2n) is 12.5. The summed E-state index contributed by atoms with van der Waals surface area (Å²) in [6, 6.07) is 5.62. The van der Waals surface area contributed by atoms with E-state index in [4.69, 9.17) is 5.73 Å². The molecule has 46 heavy (non-hydrogen) atoms. The van der Waals surface area contributed by atoms with Gasteiger partial charge in [0.25, 0.3) is 0 Å². The molecule has 6 atom stereocenters. The van der Waals surface area contributed by atoms with Gasteiger partial charge in [0.15, 0.2) is 40.4 Å². The molecule has 6 N–H and O–H groups in total. The Hall–Kier alpha value is -4.95. The third kappa shape index (κ3) is 4.93. The van der Waals surface area contributed by atoms with Crippen molar-refractivity contribution in [2.45, 2.75) is 31.4 Å². The zero-order chi connectivity index (χ0) is 34.0. The van der Waals surface area contributed by atoms with Crippen molar-refractivity contribution in [3.05, 3.63) is 47.0 Å². The van der Waals surface area contributed by atoms with Crippen LogP contribution in [0.1, 0.15) is 39.6 Å². The SMILES string of the molecule is CC(=O)c1ccc(NC(=O)Nc2cc(N(C)C)c3c(c2O)C(=O)C2C(=O)C4(O)C(=O)C(C(N)=O)C(=O)C(N(C)C)C4CC2C3)cc1. The van der Waals surface area contributed by atoms with Crippen LogP contribution in [0, 0.1) is 23.7 Å². The first-order valence-corrected chi connectivity index (χ1v) is 14.6. The number of nitrogens with zero attached hydrogens (tertiary/aromatic N) is 2. The number of ketones is 5. The van der Waals surface area contributed by atoms with E-state index in [0.29, 0.717) is 22.5 Å². The number of carbonyl (C=O) groups excluding carboxylic acids is 7. The highest BCUT2D eigenvalue weighted by Crippen LogP contribution is 2.52. The van der Waals surface area contributed by atoms with Crippen molar-refractivity contribution >= 4 is 57.9 Å². The predicted molar refractivity (Wildman–Crippen MR) is 165 cm³/mol. The number of anilines is 3. The molecule has 3 amide bonds. The molecule has 5 rings (SSSR count). The van der Waals surface area contributed by atoms with Gasteiger partial charge in [-0.05, 0) is 75.7 Å². The van der Waals surface area contributed by atoms with E-state index >= 15 is 0 Å². The number of rotatable bonds is 6. The number of aromatic hydroxyl groups is 1. The van der Waals surface area contributed by atoms with Crippen LogP contribution in [-0.4, -0.2) is 95.8 Å². The van der Waals surface area contributed by atoms with Crippen LogP contribution in [0.5, 0.6) is 5.75 Å². The molecular formula is C32H35N5O9. The molecule has 14 nitrogen and oxygen atoms in total. The van der Waals surface area contributed by atoms with E-state index in [1.807, 2.05) is 0 Å². The van der Waals surface area contributed by atoms with E-state index in [2.05, 4.69) is 10.6 Å². The van der Waals surface area contributed by atoms with Gasteiger partial charge in [-0.25, -0.2) is 4.79 Å². The van der Waals surface area contributed by atoms with Gasteiger partial charge in [0, 0.05) is 37.0 Å². The Morgan fingerprint density at radius 1 is 0.978 bits per heavy atom. The summed E-state index contributed by atoms with van der Waals surface area (Å²) in [5.41, 5.74) is 3.78. The summed E-state index contributed by atoms with van der Waals surface area (Å²) >= 11 is 0. The van der Waals surface area contributed by atoms with Crippen LogP contribution in [-0.2, 0) is 25.6 Å². The highest BCUT2D eigenvalue weighted by molar-refractivity contribution is 6.32. The summed E-state index contributed by atoms with van der Waals surface area (Å²) in [6.07, 6.45) is -0.00969. The molecule has 3 aliphatic rings. The zero-order valence-corrected chi connectivity index (χ0v) is 25.9. The number of primary amides is 1. The molecule has 0 heterocycles. The number of aliphatic hydroxyl groups is 1. The second kappa shape index (κ2) is 11.4. The molecule has 0 spiro atoms. The average Bonchev–Trinajstić information content (AvgIpc) is 2.96. The van der Waals surface area contributed by atoms with Crippen molar-refractivity contribution in [3.63, 3.8) is 0 Å². The molecule has 0 aromatic heterocycles. The third-order valence-corrected chi connectivity index (χ3v) is 9.32. The van der Waals surface area contributed by atoms with Crippen LogP contribution < -0.4 is 21.3 Å². The summed E-state index contributed by atoms with van der Waals surface area (Å²) in [5.74, 6) is -11.9. The van der Waals surface area contributed by atoms with Crippen LogP contribution in [0.25, 0.3) is 0 Å². The number of phenols is 1. The molecule has 0 aliphatic heterocycles. The fourth-order valence-corrected chi connectivity index (χ4v) is 7.22. The fraction of sp³-hybridized carbons (Fsp3) is 0.406. The molecule has 14 heteroatoms. The molecule has 2 aromatic carbocycles. The maximum Gasteiger partial charge on any atom is 0.323 e. The Labute approximate surface area is 263 Å². The molecule has 6 unspecified atom stereocenters. The summed E-state index contributed by atoms with van der Waals surface area (Å²) in [7, 11) is 6.42. The van der Waals surface area contributed by atoms with E-state index in [-0.39, 0.29) is 29.9 Å². The minimum Gasteiger partial charge on any atom is -0.505 e. The number of amides is 3. The van der Waals surface area contributed by atoms with Crippen molar-refractivity contribution in [2.24, 2.45) is 29.4 Å². The van der Waals surface area contributed by atoms with Crippen molar-refractivity contribution in [2.75, 3.05) is 43.7 Å². The minimum atomic E-state index is -2.84. The molecule has 0 radical (unpaired) electrons. The Bertz CT molecular complexity index is 1720. The van der Waals surface area contributed by atoms with Gasteiger partial charge in [-0.3, -0.25) is 33.7 Å². The predicted octanol–water partition coefficient (Wildman–Crippen LogP) is 0.780. The number of hydrogen-bond acceptors (Lipinski definition) is 11. The van der Waals surface area contributed by atoms with E-state index in [0.717, 1.165) is 0 Å². The average molecular weight is 634 g/mol. The molecule has 2 aromatic rings. The van der Waals surface area contributed by atoms with Crippen LogP contribution in [0.15, 0.2) is 30.3 Å². The number of likely N-dealkylation sites (N-methyl/N-ethyl adjacent to an activating group) is 1. The number of nitrogens with two attached hydrogens (primary N) is 1. The first-order chi connectivity index (χ1) is 21.5. The number of urea groups is 1. The lowest BCUT2D eigenvalue weighted by molar-refractivity contribution is -0.181. The normalized spacial score (nSPS) is 27.0. The van der Waals surface area contributed by atoms with Gasteiger partial charge >= 0.3 is 6.03 Å². The molecule has 0 bridgehead atoms. The number of benzene rings is 2. The quantitative estimate of drug-likeness (QED) is 0.170. The van der Waals surface area contributed by atoms with E-state index in [1.54, 1.807) is 19.0 Å². The Morgan fingerprint density at radius 2 is 1.61 bits per heavy atom. The molecule has 242 valence electrons. The van der Waals surface area contributed by atoms with Crippen LogP contribution in [0.3, 0.4) is 0 Å². The van der Waals surface area contributed by atoms with Gasteiger partial charge in [0.05, 0.1) is 23.2 Å². The summed E-state index contributed by atoms with van der Waals surface area (Å²) in [5, 5.41) is 28.2. The van der Waals surface area contributed by atoms with Crippen molar-refractivity contribution in [3.8, 4) is 5.75 Å². The lowest BCUT2D eigenvalue weighted by Crippen LogP contribution is -2.74. The van der Waals surface area contributed by atoms with Crippen molar-refractivity contribution in [1.29, 1.82) is 0 Å². The summed E-state index contributed by atoms with van der Waals surface area (Å²) in [6.45, 7) is 1.41. The van der Waals surface area contributed by atoms with Gasteiger partial charge in [-0.15, -0.1) is 0 Å². The van der Waals surface area contributed by atoms with Crippen LogP contribution in [0.2, 0.25) is 0 Å². The first-order valence-electron chi connectivity index (χ1n) is 14.6. The summed E-state index contributed by atoms with van der Waals surface area (Å²) in [4.78, 5) is 94.7. The van der Waals surface area contributed by atoms with Gasteiger partial charge in [-0.1, -0.05) is 0 Å². The Balaban J connectivity index is 1.54. The number of carbonyl (C=O) groups is 7. The third-order valence-electron chi connectivity index (χ3n) is 9.32. The molecular weight excluding hydrogens is 598 g/mol. The van der Waals surface area contributed by atoms with Gasteiger partial charge in [-0.2, -0.15) is 0 Å². The maximum atomic E-state index is 14.1. The Morgan fingerprint density at radius 3 is 2.15 bits per heavy atom. The minimum absolute atomic E-state index is 0.0713. The van der Waals surface area contributed by atoms with Crippen LogP contribution >= 0.6 is 0 Å². The fourth-order valence-electron chi connectivity index (χ4n) is 7.22. The Kier molecular flexibility index (Phi) is 8.07. The van der Waals surface area contributed by atoms with Gasteiger partial charge in [0.1, 0.15) is 5.75 Å². The van der Waals surface area contributed by atoms with Crippen molar-refractivity contribution in [1.82, 2.24) is 4.90 Å². The largest absolute Gasteiger partial charge is 0.505 e. The number of fused-ring (bicyclic) bond motifs is 3. The standard InChI is InChI=1S/C32H35N5O9/c1-13(38)14-6-8-16(9-7-14)34-31(45)35-19-12-20(36(2)3)17-10-15-11-18-24(37(4)5)27(41)23(30(33)44)29(43)32(18,46)28(42)21(15)26(40)22(17)25(19)39/h6-9,12,15,18,21,23-24,39,46H,10-11H2,1-5H3,(H2,33,44)(H2,34,35,45). The number of Topliss-reactive ketones (excluding diaryl/α,β-unsaturated/α-hetero) is 5. The lowest BCUT2D eigenvalue weighted by atomic mass is 9.52. The van der Waals surface area contributed by atoms with E-state index in [1.165, 1.54) is 56.3 Å². The zero-order valence-electron chi connectivity index (χ0n) is 25.9. The maximum absolute atomic E-state index is 14.1. The smallest absolute Gasteiger partial charge is 0.323 e. The van der Waals surface area contributed by atoms with E-state index < -0.39 is 76.1 Å². The molecule has 3 aliphatic carbocycles. The number of phenolic OH excluding ortho intramolecular Hbond substituents is 1. The van der Waals surface area contributed by atoms with E-state index in [9.17, 15) is 43.8 Å². The topological polar surface area (TPSA) is 217 Å². The lowest BCUT2D eigenvalue weighted by Gasteiger charge is -2.52. The molecule has 2 fully saturated rings. The van der Waals surface area contributed by atoms with Crippen molar-refractivity contribution < 1.29 is 43.8 Å². The number of nitrogens with one attached hydrogen (secondary N) is 2. The molecule has 0 saturated heterocycles. The molecule has 2 saturated carbocycles. The highest BCUT2D eigenvalue weighted by Gasteiger charge is 2.69. The van der Waals surface area contributed by atoms with Gasteiger partial charge < -0.3 is 31.5 Å². The number of hydrogen-bond donors (Lipinski definition) is 5. The highest BCUT2D eigenvalue weighted by atomic mass is 16.3. The van der Waals surface area contributed by atoms with Crippen LogP contribution in [0.4, 0.5) is 21.9 Å².